The monoisotopic (exact) mass is 209 g/mol. The maximum absolute atomic E-state index is 11.7. The van der Waals surface area contributed by atoms with E-state index in [1.807, 2.05) is 16.5 Å². The maximum atomic E-state index is 11.7. The molecule has 14 heavy (non-hydrogen) atoms. The van der Waals surface area contributed by atoms with E-state index in [1.165, 1.54) is 0 Å². The van der Waals surface area contributed by atoms with Crippen LogP contribution in [0.15, 0.2) is 23.4 Å². The number of hydrogen-bond acceptors (Lipinski definition) is 3. The van der Waals surface area contributed by atoms with Gasteiger partial charge in [0, 0.05) is 12.6 Å². The number of Topliss-reactive ketones (excluding diaryl/α,β-unsaturated/α-hetero) is 1. The lowest BCUT2D eigenvalue weighted by atomic mass is 9.81. The second kappa shape index (κ2) is 3.46. The fourth-order valence-corrected chi connectivity index (χ4v) is 2.47. The Balaban J connectivity index is 2.26. The fraction of sp³-hybridized carbons (Fsp3) is 0.545. The summed E-state index contributed by atoms with van der Waals surface area (Å²) in [5, 5.41) is 2.04. The summed E-state index contributed by atoms with van der Waals surface area (Å²) >= 11 is 1.73. The van der Waals surface area contributed by atoms with Gasteiger partial charge in [-0.05, 0) is 17.2 Å². The first-order chi connectivity index (χ1) is 6.58. The average Bonchev–Trinajstić information content (AvgIpc) is 2.62. The Labute approximate surface area is 89.0 Å². The zero-order valence-corrected chi connectivity index (χ0v) is 9.43. The van der Waals surface area contributed by atoms with E-state index in [0.717, 1.165) is 18.0 Å². The van der Waals surface area contributed by atoms with Crippen molar-refractivity contribution >= 4 is 17.5 Å². The van der Waals surface area contributed by atoms with Gasteiger partial charge in [-0.1, -0.05) is 19.9 Å². The van der Waals surface area contributed by atoms with E-state index in [4.69, 9.17) is 0 Å². The third kappa shape index (κ3) is 1.87. The van der Waals surface area contributed by atoms with E-state index in [0.29, 0.717) is 6.42 Å². The summed E-state index contributed by atoms with van der Waals surface area (Å²) in [7, 11) is 0. The summed E-state index contributed by atoms with van der Waals surface area (Å²) in [5.74, 6) is 1.17. The van der Waals surface area contributed by atoms with Gasteiger partial charge in [-0.25, -0.2) is 0 Å². The molecule has 76 valence electrons. The summed E-state index contributed by atoms with van der Waals surface area (Å²) in [5.41, 5.74) is 1.06. The number of nitrogens with zero attached hydrogens (tertiary/aromatic N) is 1. The lowest BCUT2D eigenvalue weighted by molar-refractivity contribution is -0.117. The molecule has 0 N–H and O–H groups in total. The SMILES string of the molecule is CC1(C)C=C(N2C=CSC2)C(=O)CC1. The van der Waals surface area contributed by atoms with E-state index >= 15 is 0 Å². The van der Waals surface area contributed by atoms with E-state index in [1.54, 1.807) is 11.8 Å². The number of carbonyl (C=O) groups is 1. The van der Waals surface area contributed by atoms with Crippen LogP contribution in [0.25, 0.3) is 0 Å². The third-order valence-electron chi connectivity index (χ3n) is 2.67. The average molecular weight is 209 g/mol. The van der Waals surface area contributed by atoms with Crippen molar-refractivity contribution < 1.29 is 4.79 Å². The summed E-state index contributed by atoms with van der Waals surface area (Å²) in [6.07, 6.45) is 5.78. The van der Waals surface area contributed by atoms with Crippen molar-refractivity contribution in [1.29, 1.82) is 0 Å². The first-order valence-corrected chi connectivity index (χ1v) is 5.94. The first kappa shape index (κ1) is 9.84. The summed E-state index contributed by atoms with van der Waals surface area (Å²) in [4.78, 5) is 13.8. The fourth-order valence-electron chi connectivity index (χ4n) is 1.76. The molecule has 1 heterocycles. The molecule has 2 aliphatic rings. The Hall–Kier alpha value is -0.700. The molecule has 0 aromatic rings. The number of carbonyl (C=O) groups excluding carboxylic acids is 1. The van der Waals surface area contributed by atoms with Gasteiger partial charge in [-0.15, -0.1) is 11.8 Å². The zero-order valence-electron chi connectivity index (χ0n) is 8.62. The van der Waals surface area contributed by atoms with Gasteiger partial charge in [0.2, 0.25) is 0 Å². The van der Waals surface area contributed by atoms with Crippen molar-refractivity contribution in [2.45, 2.75) is 26.7 Å². The van der Waals surface area contributed by atoms with Gasteiger partial charge in [0.15, 0.2) is 5.78 Å². The normalized spacial score (nSPS) is 25.4. The molecule has 2 rings (SSSR count). The highest BCUT2D eigenvalue weighted by atomic mass is 32.2. The molecule has 1 aliphatic heterocycles. The van der Waals surface area contributed by atoms with E-state index in [-0.39, 0.29) is 11.2 Å². The van der Waals surface area contributed by atoms with Gasteiger partial charge < -0.3 is 4.90 Å². The highest BCUT2D eigenvalue weighted by molar-refractivity contribution is 8.02. The molecule has 0 fully saturated rings. The zero-order chi connectivity index (χ0) is 10.2. The largest absolute Gasteiger partial charge is 0.335 e. The van der Waals surface area contributed by atoms with Crippen LogP contribution < -0.4 is 0 Å². The van der Waals surface area contributed by atoms with E-state index in [9.17, 15) is 4.79 Å². The van der Waals surface area contributed by atoms with Crippen LogP contribution in [0.1, 0.15) is 26.7 Å². The number of allylic oxidation sites excluding steroid dienone is 2. The van der Waals surface area contributed by atoms with Gasteiger partial charge in [-0.2, -0.15) is 0 Å². The van der Waals surface area contributed by atoms with Crippen molar-refractivity contribution in [2.24, 2.45) is 5.41 Å². The highest BCUT2D eigenvalue weighted by Crippen LogP contribution is 2.34. The molecule has 0 radical (unpaired) electrons. The molecular formula is C11H15NOS. The number of thioether (sulfide) groups is 1. The quantitative estimate of drug-likeness (QED) is 0.662. The van der Waals surface area contributed by atoms with Gasteiger partial charge in [0.1, 0.15) is 0 Å². The van der Waals surface area contributed by atoms with Crippen molar-refractivity contribution in [1.82, 2.24) is 4.90 Å². The minimum absolute atomic E-state index is 0.171. The van der Waals surface area contributed by atoms with Crippen LogP contribution in [0.4, 0.5) is 0 Å². The van der Waals surface area contributed by atoms with Gasteiger partial charge in [0.05, 0.1) is 11.6 Å². The standard InChI is InChI=1S/C11H15NOS/c1-11(2)4-3-10(13)9(7-11)12-5-6-14-8-12/h5-7H,3-4,8H2,1-2H3. The lowest BCUT2D eigenvalue weighted by Crippen LogP contribution is -2.28. The van der Waals surface area contributed by atoms with Gasteiger partial charge in [-0.3, -0.25) is 4.79 Å². The summed E-state index contributed by atoms with van der Waals surface area (Å²) in [6, 6.07) is 0. The Bertz CT molecular complexity index is 317. The lowest BCUT2D eigenvalue weighted by Gasteiger charge is -2.30. The molecule has 0 unspecified atom stereocenters. The van der Waals surface area contributed by atoms with Crippen molar-refractivity contribution in [3.05, 3.63) is 23.4 Å². The van der Waals surface area contributed by atoms with E-state index in [2.05, 4.69) is 19.9 Å². The molecule has 2 nitrogen and oxygen atoms in total. The number of ketones is 1. The third-order valence-corrected chi connectivity index (χ3v) is 3.41. The molecule has 3 heteroatoms. The minimum Gasteiger partial charge on any atom is -0.335 e. The molecular weight excluding hydrogens is 194 g/mol. The van der Waals surface area contributed by atoms with Crippen molar-refractivity contribution in [3.8, 4) is 0 Å². The smallest absolute Gasteiger partial charge is 0.178 e. The molecule has 0 saturated carbocycles. The first-order valence-electron chi connectivity index (χ1n) is 4.89. The molecule has 0 amide bonds. The second-order valence-electron chi connectivity index (χ2n) is 4.49. The molecule has 0 atom stereocenters. The molecule has 0 saturated heterocycles. The van der Waals surface area contributed by atoms with Crippen LogP contribution in [0.2, 0.25) is 0 Å². The Morgan fingerprint density at radius 2 is 2.29 bits per heavy atom. The summed E-state index contributed by atoms with van der Waals surface area (Å²) < 4.78 is 0. The Kier molecular flexibility index (Phi) is 2.43. The molecule has 1 aliphatic carbocycles. The predicted molar refractivity (Wildman–Crippen MR) is 59.5 cm³/mol. The van der Waals surface area contributed by atoms with E-state index < -0.39 is 0 Å². The van der Waals surface area contributed by atoms with Crippen LogP contribution in [0.5, 0.6) is 0 Å². The van der Waals surface area contributed by atoms with Gasteiger partial charge in [0.25, 0.3) is 0 Å². The molecule has 0 aromatic carbocycles. The Morgan fingerprint density at radius 1 is 1.50 bits per heavy atom. The number of hydrogen-bond donors (Lipinski definition) is 0. The molecule has 0 aromatic heterocycles. The topological polar surface area (TPSA) is 20.3 Å². The van der Waals surface area contributed by atoms with Crippen LogP contribution in [-0.4, -0.2) is 16.6 Å². The van der Waals surface area contributed by atoms with Crippen LogP contribution >= 0.6 is 11.8 Å². The van der Waals surface area contributed by atoms with Crippen molar-refractivity contribution in [2.75, 3.05) is 5.88 Å². The summed E-state index contributed by atoms with van der Waals surface area (Å²) in [6.45, 7) is 4.37. The molecule has 0 bridgehead atoms. The van der Waals surface area contributed by atoms with Gasteiger partial charge >= 0.3 is 0 Å². The minimum atomic E-state index is 0.171. The second-order valence-corrected chi connectivity index (χ2v) is 5.36. The van der Waals surface area contributed by atoms with Crippen molar-refractivity contribution in [3.63, 3.8) is 0 Å². The van der Waals surface area contributed by atoms with Crippen LogP contribution in [0, 0.1) is 5.41 Å². The maximum Gasteiger partial charge on any atom is 0.178 e. The molecule has 0 spiro atoms. The predicted octanol–water partition coefficient (Wildman–Crippen LogP) is 2.74. The van der Waals surface area contributed by atoms with Crippen LogP contribution in [-0.2, 0) is 4.79 Å². The number of rotatable bonds is 1. The Morgan fingerprint density at radius 3 is 2.93 bits per heavy atom. The van der Waals surface area contributed by atoms with Crippen LogP contribution in [0.3, 0.4) is 0 Å². The highest BCUT2D eigenvalue weighted by Gasteiger charge is 2.28.